The number of hydrogen-bond acceptors (Lipinski definition) is 3. The summed E-state index contributed by atoms with van der Waals surface area (Å²) >= 11 is 0. The first kappa shape index (κ1) is 11.4. The number of carbonyl (C=O) groups is 2. The highest BCUT2D eigenvalue weighted by Gasteiger charge is 2.42. The summed E-state index contributed by atoms with van der Waals surface area (Å²) in [5, 5.41) is 0. The number of esters is 1. The summed E-state index contributed by atoms with van der Waals surface area (Å²) in [5.41, 5.74) is 0. The predicted octanol–water partition coefficient (Wildman–Crippen LogP) is 1.34. The van der Waals surface area contributed by atoms with E-state index in [1.54, 1.807) is 0 Å². The summed E-state index contributed by atoms with van der Waals surface area (Å²) < 4.78 is 4.69. The highest BCUT2D eigenvalue weighted by Crippen LogP contribution is 2.36. The zero-order valence-corrected chi connectivity index (χ0v) is 9.94. The van der Waals surface area contributed by atoms with Crippen LogP contribution < -0.4 is 0 Å². The lowest BCUT2D eigenvalue weighted by Crippen LogP contribution is -2.49. The van der Waals surface area contributed by atoms with Gasteiger partial charge in [-0.15, -0.1) is 0 Å². The molecular formula is C12H19NO3. The van der Waals surface area contributed by atoms with Crippen LogP contribution in [0.5, 0.6) is 0 Å². The minimum Gasteiger partial charge on any atom is -0.469 e. The third kappa shape index (κ3) is 1.93. The Morgan fingerprint density at radius 2 is 2.19 bits per heavy atom. The first-order valence-electron chi connectivity index (χ1n) is 6.01. The van der Waals surface area contributed by atoms with Gasteiger partial charge in [-0.2, -0.15) is 0 Å². The lowest BCUT2D eigenvalue weighted by Gasteiger charge is -2.41. The van der Waals surface area contributed by atoms with Gasteiger partial charge in [0.2, 0.25) is 5.91 Å². The van der Waals surface area contributed by atoms with E-state index in [2.05, 4.69) is 11.7 Å². The Bertz CT molecular complexity index is 303. The molecule has 0 bridgehead atoms. The summed E-state index contributed by atoms with van der Waals surface area (Å²) in [6.07, 6.45) is 3.99. The van der Waals surface area contributed by atoms with E-state index < -0.39 is 0 Å². The Hall–Kier alpha value is -1.06. The van der Waals surface area contributed by atoms with Gasteiger partial charge in [0.25, 0.3) is 0 Å². The van der Waals surface area contributed by atoms with Crippen LogP contribution in [0.4, 0.5) is 0 Å². The van der Waals surface area contributed by atoms with Crippen molar-refractivity contribution in [1.82, 2.24) is 4.90 Å². The van der Waals surface area contributed by atoms with Crippen molar-refractivity contribution in [3.8, 4) is 0 Å². The maximum atomic E-state index is 11.8. The molecule has 0 aromatic carbocycles. The minimum absolute atomic E-state index is 0.0728. The van der Waals surface area contributed by atoms with Crippen LogP contribution in [0, 0.1) is 5.92 Å². The van der Waals surface area contributed by atoms with Gasteiger partial charge in [0.1, 0.15) is 0 Å². The van der Waals surface area contributed by atoms with E-state index in [4.69, 9.17) is 0 Å². The first-order chi connectivity index (χ1) is 7.63. The highest BCUT2D eigenvalue weighted by atomic mass is 16.5. The molecule has 1 amide bonds. The van der Waals surface area contributed by atoms with Gasteiger partial charge < -0.3 is 9.64 Å². The largest absolute Gasteiger partial charge is 0.469 e. The maximum absolute atomic E-state index is 11.8. The van der Waals surface area contributed by atoms with E-state index in [1.807, 2.05) is 4.90 Å². The smallest absolute Gasteiger partial charge is 0.307 e. The van der Waals surface area contributed by atoms with Gasteiger partial charge in [0.15, 0.2) is 0 Å². The van der Waals surface area contributed by atoms with Crippen LogP contribution in [-0.4, -0.2) is 36.0 Å². The van der Waals surface area contributed by atoms with Crippen molar-refractivity contribution in [2.45, 2.75) is 51.1 Å². The second kappa shape index (κ2) is 4.44. The normalized spacial score (nSPS) is 33.8. The number of carbonyl (C=O) groups excluding carboxylic acids is 2. The van der Waals surface area contributed by atoms with Gasteiger partial charge >= 0.3 is 5.97 Å². The minimum atomic E-state index is -0.210. The molecule has 0 spiro atoms. The zero-order valence-electron chi connectivity index (χ0n) is 9.94. The van der Waals surface area contributed by atoms with Gasteiger partial charge in [-0.1, -0.05) is 6.92 Å². The third-order valence-corrected chi connectivity index (χ3v) is 3.93. The Balaban J connectivity index is 2.08. The van der Waals surface area contributed by atoms with Crippen LogP contribution in [0.1, 0.15) is 39.0 Å². The Morgan fingerprint density at radius 3 is 2.88 bits per heavy atom. The summed E-state index contributed by atoms with van der Waals surface area (Å²) in [7, 11) is 1.40. The quantitative estimate of drug-likeness (QED) is 0.666. The lowest BCUT2D eigenvalue weighted by molar-refractivity contribution is -0.144. The van der Waals surface area contributed by atoms with Crippen LogP contribution in [0.3, 0.4) is 0 Å². The number of amides is 1. The van der Waals surface area contributed by atoms with Crippen LogP contribution >= 0.6 is 0 Å². The molecule has 2 heterocycles. The standard InChI is InChI=1S/C12H19NO3/c1-8-3-4-9(7-12(15)16-2)13-10(8)5-6-11(13)14/h8-10H,3-7H2,1-2H3/t8-,9+,10+/m1/s1. The van der Waals surface area contributed by atoms with E-state index in [0.29, 0.717) is 24.8 Å². The van der Waals surface area contributed by atoms with Crippen molar-refractivity contribution in [3.05, 3.63) is 0 Å². The van der Waals surface area contributed by atoms with Gasteiger partial charge in [-0.3, -0.25) is 9.59 Å². The highest BCUT2D eigenvalue weighted by molar-refractivity contribution is 5.80. The second-order valence-electron chi connectivity index (χ2n) is 4.90. The van der Waals surface area contributed by atoms with Crippen molar-refractivity contribution < 1.29 is 14.3 Å². The molecule has 3 atom stereocenters. The fourth-order valence-corrected chi connectivity index (χ4v) is 3.02. The number of rotatable bonds is 2. The predicted molar refractivity (Wildman–Crippen MR) is 58.7 cm³/mol. The number of fused-ring (bicyclic) bond motifs is 1. The van der Waals surface area contributed by atoms with Gasteiger partial charge in [0, 0.05) is 18.5 Å². The summed E-state index contributed by atoms with van der Waals surface area (Å²) in [6, 6.07) is 0.430. The van der Waals surface area contributed by atoms with Gasteiger partial charge in [-0.05, 0) is 25.2 Å². The van der Waals surface area contributed by atoms with Crippen LogP contribution in [0.2, 0.25) is 0 Å². The Labute approximate surface area is 95.9 Å². The molecule has 0 unspecified atom stereocenters. The molecule has 0 saturated carbocycles. The molecule has 16 heavy (non-hydrogen) atoms. The molecule has 0 aromatic rings. The van der Waals surface area contributed by atoms with Gasteiger partial charge in [-0.25, -0.2) is 0 Å². The van der Waals surface area contributed by atoms with Gasteiger partial charge in [0.05, 0.1) is 13.5 Å². The fourth-order valence-electron chi connectivity index (χ4n) is 3.02. The molecule has 4 nitrogen and oxygen atoms in total. The maximum Gasteiger partial charge on any atom is 0.307 e. The number of ether oxygens (including phenoxy) is 1. The second-order valence-corrected chi connectivity index (χ2v) is 4.90. The van der Waals surface area contributed by atoms with Crippen molar-refractivity contribution in [1.29, 1.82) is 0 Å². The molecule has 2 rings (SSSR count). The van der Waals surface area contributed by atoms with E-state index in [9.17, 15) is 9.59 Å². The monoisotopic (exact) mass is 225 g/mol. The third-order valence-electron chi connectivity index (χ3n) is 3.93. The molecule has 2 saturated heterocycles. The number of nitrogens with zero attached hydrogens (tertiary/aromatic N) is 1. The SMILES string of the molecule is COC(=O)C[C@@H]1CC[C@@H](C)[C@@H]2CCC(=O)N12. The van der Waals surface area contributed by atoms with Crippen LogP contribution in [-0.2, 0) is 14.3 Å². The molecule has 0 aliphatic carbocycles. The molecule has 90 valence electrons. The molecule has 2 fully saturated rings. The molecule has 2 aliphatic heterocycles. The van der Waals surface area contributed by atoms with Crippen molar-refractivity contribution >= 4 is 11.9 Å². The first-order valence-corrected chi connectivity index (χ1v) is 6.01. The van der Waals surface area contributed by atoms with E-state index >= 15 is 0 Å². The molecule has 0 N–H and O–H groups in total. The van der Waals surface area contributed by atoms with E-state index in [-0.39, 0.29) is 17.9 Å². The van der Waals surface area contributed by atoms with E-state index in [0.717, 1.165) is 19.3 Å². The zero-order chi connectivity index (χ0) is 11.7. The summed E-state index contributed by atoms with van der Waals surface area (Å²) in [4.78, 5) is 25.1. The average Bonchev–Trinajstić information content (AvgIpc) is 2.66. The van der Waals surface area contributed by atoms with E-state index in [1.165, 1.54) is 7.11 Å². The number of hydrogen-bond donors (Lipinski definition) is 0. The molecule has 2 aliphatic rings. The van der Waals surface area contributed by atoms with Crippen molar-refractivity contribution in [3.63, 3.8) is 0 Å². The number of piperidine rings is 1. The number of methoxy groups -OCH3 is 1. The van der Waals surface area contributed by atoms with Crippen LogP contribution in [0.15, 0.2) is 0 Å². The summed E-state index contributed by atoms with van der Waals surface area (Å²) in [6.45, 7) is 2.20. The molecule has 0 aromatic heterocycles. The fraction of sp³-hybridized carbons (Fsp3) is 0.833. The molecule has 0 radical (unpaired) electrons. The van der Waals surface area contributed by atoms with Crippen molar-refractivity contribution in [2.24, 2.45) is 5.92 Å². The molecule has 4 heteroatoms. The molecular weight excluding hydrogens is 206 g/mol. The Morgan fingerprint density at radius 1 is 1.44 bits per heavy atom. The van der Waals surface area contributed by atoms with Crippen LogP contribution in [0.25, 0.3) is 0 Å². The van der Waals surface area contributed by atoms with Crippen molar-refractivity contribution in [2.75, 3.05) is 7.11 Å². The topological polar surface area (TPSA) is 46.6 Å². The summed E-state index contributed by atoms with van der Waals surface area (Å²) in [5.74, 6) is 0.573. The Kier molecular flexibility index (Phi) is 3.17. The lowest BCUT2D eigenvalue weighted by atomic mass is 9.86. The average molecular weight is 225 g/mol.